The van der Waals surface area contributed by atoms with E-state index >= 15 is 0 Å². The minimum Gasteiger partial charge on any atom is -0.397 e. The number of hydrogen-bond acceptors (Lipinski definition) is 4. The molecule has 0 aliphatic heterocycles. The summed E-state index contributed by atoms with van der Waals surface area (Å²) in [5.74, 6) is 0. The highest BCUT2D eigenvalue weighted by Crippen LogP contribution is 2.33. The van der Waals surface area contributed by atoms with Crippen LogP contribution >= 0.6 is 11.8 Å². The predicted molar refractivity (Wildman–Crippen MR) is 60.1 cm³/mol. The van der Waals surface area contributed by atoms with Crippen molar-refractivity contribution in [3.63, 3.8) is 0 Å². The molecule has 1 aromatic heterocycles. The summed E-state index contributed by atoms with van der Waals surface area (Å²) in [5, 5.41) is 1.56. The minimum atomic E-state index is 0.333. The van der Waals surface area contributed by atoms with Crippen LogP contribution in [0.4, 0.5) is 5.69 Å². The van der Waals surface area contributed by atoms with Crippen molar-refractivity contribution in [1.82, 2.24) is 4.98 Å². The molecule has 1 aliphatic rings. The Morgan fingerprint density at radius 3 is 2.79 bits per heavy atom. The third kappa shape index (κ3) is 2.19. The molecular formula is C10H15N3S. The third-order valence-corrected chi connectivity index (χ3v) is 3.91. The fraction of sp³-hybridized carbons (Fsp3) is 0.500. The quantitative estimate of drug-likeness (QED) is 0.777. The lowest BCUT2D eigenvalue weighted by atomic mass is 10.3. The van der Waals surface area contributed by atoms with E-state index < -0.39 is 0 Å². The Bertz CT molecular complexity index is 299. The molecule has 1 saturated carbocycles. The largest absolute Gasteiger partial charge is 0.397 e. The second kappa shape index (κ2) is 4.19. The van der Waals surface area contributed by atoms with E-state index in [-0.39, 0.29) is 0 Å². The zero-order valence-electron chi connectivity index (χ0n) is 8.02. The van der Waals surface area contributed by atoms with E-state index in [9.17, 15) is 0 Å². The number of aromatic nitrogens is 1. The molecule has 1 fully saturated rings. The summed E-state index contributed by atoms with van der Waals surface area (Å²) in [7, 11) is 0. The number of hydrogen-bond donors (Lipinski definition) is 2. The molecule has 0 saturated heterocycles. The van der Waals surface area contributed by atoms with Gasteiger partial charge in [0.1, 0.15) is 0 Å². The molecule has 3 nitrogen and oxygen atoms in total. The molecular weight excluding hydrogens is 194 g/mol. The SMILES string of the molecule is Nc1ccc(SC2CCCC2N)nc1. The average molecular weight is 209 g/mol. The Morgan fingerprint density at radius 2 is 2.21 bits per heavy atom. The zero-order chi connectivity index (χ0) is 9.97. The number of nitrogens with two attached hydrogens (primary N) is 2. The Hall–Kier alpha value is -0.740. The summed E-state index contributed by atoms with van der Waals surface area (Å²) in [6.07, 6.45) is 5.29. The molecule has 1 heterocycles. The molecule has 0 radical (unpaired) electrons. The highest BCUT2D eigenvalue weighted by Gasteiger charge is 2.24. The van der Waals surface area contributed by atoms with Gasteiger partial charge in [0.25, 0.3) is 0 Å². The van der Waals surface area contributed by atoms with Crippen LogP contribution in [0, 0.1) is 0 Å². The molecule has 0 amide bonds. The first-order valence-electron chi connectivity index (χ1n) is 4.89. The predicted octanol–water partition coefficient (Wildman–Crippen LogP) is 1.64. The van der Waals surface area contributed by atoms with Crippen molar-refractivity contribution in [2.45, 2.75) is 35.6 Å². The van der Waals surface area contributed by atoms with Crippen molar-refractivity contribution in [1.29, 1.82) is 0 Å². The van der Waals surface area contributed by atoms with Gasteiger partial charge in [0, 0.05) is 11.3 Å². The second-order valence-electron chi connectivity index (χ2n) is 3.68. The van der Waals surface area contributed by atoms with Gasteiger partial charge in [0.15, 0.2) is 0 Å². The highest BCUT2D eigenvalue weighted by atomic mass is 32.2. The number of nitrogen functional groups attached to an aromatic ring is 1. The third-order valence-electron chi connectivity index (χ3n) is 2.53. The standard InChI is InChI=1S/C10H15N3S/c11-7-4-5-10(13-6-7)14-9-3-1-2-8(9)12/h4-6,8-9H,1-3,11-12H2. The van der Waals surface area contributed by atoms with E-state index in [0.717, 1.165) is 11.4 Å². The number of nitrogens with zero attached hydrogens (tertiary/aromatic N) is 1. The zero-order valence-corrected chi connectivity index (χ0v) is 8.83. The lowest BCUT2D eigenvalue weighted by molar-refractivity contribution is 0.715. The molecule has 76 valence electrons. The van der Waals surface area contributed by atoms with Crippen LogP contribution in [-0.4, -0.2) is 16.3 Å². The fourth-order valence-electron chi connectivity index (χ4n) is 1.72. The molecule has 1 aromatic rings. The van der Waals surface area contributed by atoms with E-state index in [2.05, 4.69) is 4.98 Å². The van der Waals surface area contributed by atoms with Crippen LogP contribution in [0.3, 0.4) is 0 Å². The maximum atomic E-state index is 5.98. The van der Waals surface area contributed by atoms with Crippen LogP contribution in [0.1, 0.15) is 19.3 Å². The topological polar surface area (TPSA) is 64.9 Å². The van der Waals surface area contributed by atoms with E-state index in [1.54, 1.807) is 18.0 Å². The van der Waals surface area contributed by atoms with Gasteiger partial charge in [-0.3, -0.25) is 0 Å². The highest BCUT2D eigenvalue weighted by molar-refractivity contribution is 7.99. The van der Waals surface area contributed by atoms with E-state index in [0.29, 0.717) is 17.0 Å². The Kier molecular flexibility index (Phi) is 2.93. The average Bonchev–Trinajstić information content (AvgIpc) is 2.56. The normalized spacial score (nSPS) is 26.6. The van der Waals surface area contributed by atoms with Crippen LogP contribution in [-0.2, 0) is 0 Å². The van der Waals surface area contributed by atoms with E-state index in [4.69, 9.17) is 11.5 Å². The van der Waals surface area contributed by atoms with Crippen molar-refractivity contribution in [2.75, 3.05) is 5.73 Å². The maximum Gasteiger partial charge on any atom is 0.0964 e. The molecule has 14 heavy (non-hydrogen) atoms. The van der Waals surface area contributed by atoms with Gasteiger partial charge in [-0.15, -0.1) is 11.8 Å². The van der Waals surface area contributed by atoms with E-state index in [1.165, 1.54) is 12.8 Å². The lowest BCUT2D eigenvalue weighted by Crippen LogP contribution is -2.26. The first-order chi connectivity index (χ1) is 6.75. The summed E-state index contributed by atoms with van der Waals surface area (Å²) in [5.41, 5.74) is 12.3. The summed E-state index contributed by atoms with van der Waals surface area (Å²) in [4.78, 5) is 4.26. The molecule has 0 bridgehead atoms. The van der Waals surface area contributed by atoms with Crippen molar-refractivity contribution in [3.05, 3.63) is 18.3 Å². The van der Waals surface area contributed by atoms with Crippen LogP contribution in [0.15, 0.2) is 23.4 Å². The lowest BCUT2D eigenvalue weighted by Gasteiger charge is -2.13. The number of anilines is 1. The second-order valence-corrected chi connectivity index (χ2v) is 4.94. The Morgan fingerprint density at radius 1 is 1.36 bits per heavy atom. The molecule has 0 spiro atoms. The summed E-state index contributed by atoms with van der Waals surface area (Å²) >= 11 is 1.78. The van der Waals surface area contributed by atoms with Crippen LogP contribution in [0.2, 0.25) is 0 Å². The van der Waals surface area contributed by atoms with Gasteiger partial charge < -0.3 is 11.5 Å². The van der Waals surface area contributed by atoms with Crippen LogP contribution in [0.5, 0.6) is 0 Å². The molecule has 2 atom stereocenters. The summed E-state index contributed by atoms with van der Waals surface area (Å²) in [6, 6.07) is 4.18. The van der Waals surface area contributed by atoms with Gasteiger partial charge in [-0.1, -0.05) is 6.42 Å². The Balaban J connectivity index is 2.00. The molecule has 4 heteroatoms. The van der Waals surface area contributed by atoms with Crippen LogP contribution in [0.25, 0.3) is 0 Å². The number of thioether (sulfide) groups is 1. The first-order valence-corrected chi connectivity index (χ1v) is 5.77. The van der Waals surface area contributed by atoms with Gasteiger partial charge in [-0.25, -0.2) is 4.98 Å². The minimum absolute atomic E-state index is 0.333. The van der Waals surface area contributed by atoms with Crippen molar-refractivity contribution < 1.29 is 0 Å². The number of pyridine rings is 1. The maximum absolute atomic E-state index is 5.98. The summed E-state index contributed by atoms with van der Waals surface area (Å²) < 4.78 is 0. The van der Waals surface area contributed by atoms with Crippen molar-refractivity contribution >= 4 is 17.4 Å². The Labute approximate surface area is 88.3 Å². The molecule has 0 aromatic carbocycles. The molecule has 4 N–H and O–H groups in total. The monoisotopic (exact) mass is 209 g/mol. The van der Waals surface area contributed by atoms with Crippen molar-refractivity contribution in [3.8, 4) is 0 Å². The summed E-state index contributed by atoms with van der Waals surface area (Å²) in [6.45, 7) is 0. The molecule has 1 aliphatic carbocycles. The van der Waals surface area contributed by atoms with Crippen LogP contribution < -0.4 is 11.5 Å². The number of rotatable bonds is 2. The fourth-order valence-corrected chi connectivity index (χ4v) is 2.88. The molecule has 2 unspecified atom stereocenters. The van der Waals surface area contributed by atoms with E-state index in [1.807, 2.05) is 12.1 Å². The van der Waals surface area contributed by atoms with Gasteiger partial charge in [-0.05, 0) is 25.0 Å². The van der Waals surface area contributed by atoms with Gasteiger partial charge in [0.2, 0.25) is 0 Å². The molecule has 2 rings (SSSR count). The first kappa shape index (κ1) is 9.80. The van der Waals surface area contributed by atoms with Gasteiger partial charge >= 0.3 is 0 Å². The van der Waals surface area contributed by atoms with Gasteiger partial charge in [0.05, 0.1) is 16.9 Å². The van der Waals surface area contributed by atoms with Crippen molar-refractivity contribution in [2.24, 2.45) is 5.73 Å². The smallest absolute Gasteiger partial charge is 0.0964 e. The van der Waals surface area contributed by atoms with Gasteiger partial charge in [-0.2, -0.15) is 0 Å².